The molecule has 2 N–H and O–H groups in total. The Morgan fingerprint density at radius 3 is 2.81 bits per heavy atom. The van der Waals surface area contributed by atoms with Crippen molar-refractivity contribution in [2.45, 2.75) is 26.1 Å². The van der Waals surface area contributed by atoms with Crippen molar-refractivity contribution in [3.63, 3.8) is 0 Å². The molecule has 0 unspecified atom stereocenters. The lowest BCUT2D eigenvalue weighted by Crippen LogP contribution is -2.34. The van der Waals surface area contributed by atoms with Crippen LogP contribution in [0.2, 0.25) is 5.02 Å². The number of aromatic nitrogens is 3. The van der Waals surface area contributed by atoms with Crippen molar-refractivity contribution in [3.05, 3.63) is 76.3 Å². The van der Waals surface area contributed by atoms with E-state index in [1.165, 1.54) is 0 Å². The summed E-state index contributed by atoms with van der Waals surface area (Å²) in [5.41, 5.74) is 10.8. The molecule has 0 saturated heterocycles. The summed E-state index contributed by atoms with van der Waals surface area (Å²) >= 11 is 6.31. The second-order valence-electron chi connectivity index (χ2n) is 8.80. The van der Waals surface area contributed by atoms with E-state index in [1.54, 1.807) is 20.3 Å². The molecule has 5 rings (SSSR count). The minimum absolute atomic E-state index is 0.427. The Morgan fingerprint density at radius 2 is 2.03 bits per heavy atom. The van der Waals surface area contributed by atoms with Crippen LogP contribution >= 0.6 is 11.6 Å². The summed E-state index contributed by atoms with van der Waals surface area (Å²) in [6.45, 7) is 3.11. The van der Waals surface area contributed by atoms with Gasteiger partial charge in [0.15, 0.2) is 0 Å². The molecule has 0 bridgehead atoms. The maximum absolute atomic E-state index is 12.5. The van der Waals surface area contributed by atoms with Gasteiger partial charge in [-0.05, 0) is 24.3 Å². The van der Waals surface area contributed by atoms with Gasteiger partial charge in [0.05, 0.1) is 43.2 Å². The molecule has 9 heteroatoms. The Morgan fingerprint density at radius 1 is 1.19 bits per heavy atom. The van der Waals surface area contributed by atoms with Gasteiger partial charge in [-0.2, -0.15) is 0 Å². The van der Waals surface area contributed by atoms with Crippen LogP contribution in [0.1, 0.15) is 27.4 Å². The van der Waals surface area contributed by atoms with E-state index in [2.05, 4.69) is 9.47 Å². The molecular weight excluding hydrogens is 478 g/mol. The van der Waals surface area contributed by atoms with Crippen LogP contribution in [-0.2, 0) is 30.8 Å². The van der Waals surface area contributed by atoms with Crippen molar-refractivity contribution < 1.29 is 14.3 Å². The number of methoxy groups -OCH3 is 2. The number of rotatable bonds is 8. The molecule has 0 aliphatic carbocycles. The second kappa shape index (κ2) is 10.3. The molecule has 2 aromatic carbocycles. The van der Waals surface area contributed by atoms with Crippen LogP contribution in [0.15, 0.2) is 48.7 Å². The van der Waals surface area contributed by atoms with E-state index >= 15 is 0 Å². The summed E-state index contributed by atoms with van der Waals surface area (Å²) in [4.78, 5) is 24.4. The van der Waals surface area contributed by atoms with Gasteiger partial charge in [-0.3, -0.25) is 14.7 Å². The van der Waals surface area contributed by atoms with Crippen LogP contribution in [0.5, 0.6) is 5.75 Å². The molecule has 0 atom stereocenters. The van der Waals surface area contributed by atoms with Gasteiger partial charge in [-0.15, -0.1) is 0 Å². The summed E-state index contributed by atoms with van der Waals surface area (Å²) in [5.74, 6) is 1.19. The Bertz CT molecular complexity index is 1430. The van der Waals surface area contributed by atoms with Crippen molar-refractivity contribution in [3.8, 4) is 17.0 Å². The van der Waals surface area contributed by atoms with E-state index in [1.807, 2.05) is 42.6 Å². The van der Waals surface area contributed by atoms with Crippen molar-refractivity contribution in [2.24, 2.45) is 5.73 Å². The lowest BCUT2D eigenvalue weighted by molar-refractivity contribution is 0.0998. The molecule has 0 radical (unpaired) electrons. The molecule has 0 spiro atoms. The van der Waals surface area contributed by atoms with Gasteiger partial charge in [0, 0.05) is 60.4 Å². The standard InChI is InChI=1S/C27H28ClN5O3/c1-35-12-11-33-23(19-13-17(28)7-8-24(19)36-2)14-30-25(33)16-32-10-9-22-20(15-32)26(27(29)34)18-5-3-4-6-21(18)31-22/h3-8,13-14H,9-12,15-16H2,1-2H3,(H2,29,34). The first-order valence-electron chi connectivity index (χ1n) is 11.8. The molecule has 8 nitrogen and oxygen atoms in total. The Labute approximate surface area is 214 Å². The molecule has 2 aromatic heterocycles. The Kier molecular flexibility index (Phi) is 6.91. The normalized spacial score (nSPS) is 13.6. The van der Waals surface area contributed by atoms with Crippen LogP contribution in [0.4, 0.5) is 0 Å². The smallest absolute Gasteiger partial charge is 0.249 e. The minimum Gasteiger partial charge on any atom is -0.496 e. The van der Waals surface area contributed by atoms with Gasteiger partial charge in [0.1, 0.15) is 11.6 Å². The van der Waals surface area contributed by atoms with Gasteiger partial charge in [-0.1, -0.05) is 29.8 Å². The third-order valence-corrected chi connectivity index (χ3v) is 6.87. The van der Waals surface area contributed by atoms with Crippen molar-refractivity contribution in [1.82, 2.24) is 19.4 Å². The topological polar surface area (TPSA) is 95.5 Å². The van der Waals surface area contributed by atoms with Gasteiger partial charge >= 0.3 is 0 Å². The number of amides is 1. The number of primary amides is 1. The van der Waals surface area contributed by atoms with E-state index in [4.69, 9.17) is 36.8 Å². The summed E-state index contributed by atoms with van der Waals surface area (Å²) in [7, 11) is 3.32. The number of hydrogen-bond acceptors (Lipinski definition) is 6. The number of nitrogens with two attached hydrogens (primary N) is 1. The Balaban J connectivity index is 1.50. The van der Waals surface area contributed by atoms with E-state index < -0.39 is 5.91 Å². The van der Waals surface area contributed by atoms with E-state index in [0.717, 1.165) is 58.0 Å². The number of carbonyl (C=O) groups is 1. The molecule has 0 saturated carbocycles. The highest BCUT2D eigenvalue weighted by atomic mass is 35.5. The van der Waals surface area contributed by atoms with Gasteiger partial charge in [0.25, 0.3) is 0 Å². The third kappa shape index (κ3) is 4.55. The average molecular weight is 506 g/mol. The zero-order valence-corrected chi connectivity index (χ0v) is 21.1. The number of nitrogens with zero attached hydrogens (tertiary/aromatic N) is 4. The first-order valence-corrected chi connectivity index (χ1v) is 12.2. The predicted octanol–water partition coefficient (Wildman–Crippen LogP) is 4.06. The number of benzene rings is 2. The summed E-state index contributed by atoms with van der Waals surface area (Å²) in [5, 5.41) is 1.42. The zero-order chi connectivity index (χ0) is 25.2. The quantitative estimate of drug-likeness (QED) is 0.388. The number of carbonyl (C=O) groups excluding carboxylic acids is 1. The van der Waals surface area contributed by atoms with Crippen LogP contribution in [0.3, 0.4) is 0 Å². The highest BCUT2D eigenvalue weighted by Crippen LogP contribution is 2.34. The number of imidazole rings is 1. The summed E-state index contributed by atoms with van der Waals surface area (Å²) < 4.78 is 13.1. The van der Waals surface area contributed by atoms with E-state index in [9.17, 15) is 4.79 Å². The highest BCUT2D eigenvalue weighted by molar-refractivity contribution is 6.31. The minimum atomic E-state index is -0.427. The fourth-order valence-electron chi connectivity index (χ4n) is 4.93. The summed E-state index contributed by atoms with van der Waals surface area (Å²) in [6, 6.07) is 13.2. The van der Waals surface area contributed by atoms with Crippen LogP contribution in [0, 0.1) is 0 Å². The SMILES string of the molecule is COCCn1c(-c2cc(Cl)ccc2OC)cnc1CN1CCc2nc3ccccc3c(C(N)=O)c2C1. The number of ether oxygens (including phenoxy) is 2. The largest absolute Gasteiger partial charge is 0.496 e. The summed E-state index contributed by atoms with van der Waals surface area (Å²) in [6.07, 6.45) is 2.58. The van der Waals surface area contributed by atoms with Gasteiger partial charge < -0.3 is 19.8 Å². The van der Waals surface area contributed by atoms with Gasteiger partial charge in [0.2, 0.25) is 5.91 Å². The van der Waals surface area contributed by atoms with Crippen LogP contribution in [-0.4, -0.2) is 52.7 Å². The van der Waals surface area contributed by atoms with Crippen LogP contribution in [0.25, 0.3) is 22.2 Å². The maximum atomic E-state index is 12.5. The number of hydrogen-bond donors (Lipinski definition) is 1. The predicted molar refractivity (Wildman–Crippen MR) is 139 cm³/mol. The molecule has 4 aromatic rings. The maximum Gasteiger partial charge on any atom is 0.249 e. The average Bonchev–Trinajstić information content (AvgIpc) is 3.27. The molecule has 1 aliphatic rings. The highest BCUT2D eigenvalue weighted by Gasteiger charge is 2.26. The lowest BCUT2D eigenvalue weighted by Gasteiger charge is -2.30. The monoisotopic (exact) mass is 505 g/mol. The third-order valence-electron chi connectivity index (χ3n) is 6.63. The molecule has 1 amide bonds. The van der Waals surface area contributed by atoms with Crippen molar-refractivity contribution in [2.75, 3.05) is 27.4 Å². The Hall–Kier alpha value is -3.46. The molecule has 1 aliphatic heterocycles. The molecule has 0 fully saturated rings. The van der Waals surface area contributed by atoms with Crippen molar-refractivity contribution in [1.29, 1.82) is 0 Å². The van der Waals surface area contributed by atoms with E-state index in [0.29, 0.717) is 36.8 Å². The van der Waals surface area contributed by atoms with Crippen molar-refractivity contribution >= 4 is 28.4 Å². The van der Waals surface area contributed by atoms with E-state index in [-0.39, 0.29) is 0 Å². The number of para-hydroxylation sites is 1. The first kappa shape index (κ1) is 24.2. The fourth-order valence-corrected chi connectivity index (χ4v) is 5.10. The lowest BCUT2D eigenvalue weighted by atomic mass is 9.95. The number of halogens is 1. The second-order valence-corrected chi connectivity index (χ2v) is 9.24. The fraction of sp³-hybridized carbons (Fsp3) is 0.296. The zero-order valence-electron chi connectivity index (χ0n) is 20.3. The van der Waals surface area contributed by atoms with Gasteiger partial charge in [-0.25, -0.2) is 4.98 Å². The molecule has 3 heterocycles. The number of fused-ring (bicyclic) bond motifs is 2. The first-order chi connectivity index (χ1) is 17.5. The number of pyridine rings is 1. The molecular formula is C27H28ClN5O3. The molecule has 36 heavy (non-hydrogen) atoms. The van der Waals surface area contributed by atoms with Crippen LogP contribution < -0.4 is 10.5 Å². The molecule has 186 valence electrons.